The quantitative estimate of drug-likeness (QED) is 0.576. The minimum absolute atomic E-state index is 0.0754. The van der Waals surface area contributed by atoms with E-state index in [1.54, 1.807) is 13.0 Å². The zero-order chi connectivity index (χ0) is 17.6. The summed E-state index contributed by atoms with van der Waals surface area (Å²) in [6.45, 7) is 9.01. The van der Waals surface area contributed by atoms with Gasteiger partial charge in [0.2, 0.25) is 0 Å². The fourth-order valence-corrected chi connectivity index (χ4v) is 1.95. The second-order valence-corrected chi connectivity index (χ2v) is 6.77. The van der Waals surface area contributed by atoms with Crippen LogP contribution in [0.2, 0.25) is 0 Å². The van der Waals surface area contributed by atoms with Crippen molar-refractivity contribution in [3.63, 3.8) is 0 Å². The third kappa shape index (κ3) is 7.41. The number of allylic oxidation sites excluding steroid dienone is 1. The molecular formula is C17H28O6. The van der Waals surface area contributed by atoms with Crippen LogP contribution in [0.5, 0.6) is 0 Å². The van der Waals surface area contributed by atoms with Gasteiger partial charge in [0.1, 0.15) is 11.7 Å². The van der Waals surface area contributed by atoms with Crippen molar-refractivity contribution in [1.29, 1.82) is 0 Å². The number of aliphatic hydroxyl groups excluding tert-OH is 2. The van der Waals surface area contributed by atoms with Crippen LogP contribution in [0.3, 0.4) is 0 Å². The molecule has 1 heterocycles. The molecule has 1 aliphatic heterocycles. The number of hydrogen-bond donors (Lipinski definition) is 2. The first kappa shape index (κ1) is 19.4. The van der Waals surface area contributed by atoms with Gasteiger partial charge in [-0.15, -0.1) is 0 Å². The Kier molecular flexibility index (Phi) is 6.94. The Balaban J connectivity index is 2.36. The molecule has 0 saturated carbocycles. The lowest BCUT2D eigenvalue weighted by Crippen LogP contribution is -2.32. The van der Waals surface area contributed by atoms with E-state index in [9.17, 15) is 15.0 Å². The minimum Gasteiger partial charge on any atom is -0.506 e. The molecular weight excluding hydrogens is 300 g/mol. The van der Waals surface area contributed by atoms with Gasteiger partial charge in [-0.05, 0) is 47.5 Å². The molecule has 0 aliphatic carbocycles. The van der Waals surface area contributed by atoms with Gasteiger partial charge in [0, 0.05) is 12.5 Å². The van der Waals surface area contributed by atoms with E-state index in [4.69, 9.17) is 14.2 Å². The zero-order valence-electron chi connectivity index (χ0n) is 14.5. The topological polar surface area (TPSA) is 85.2 Å². The van der Waals surface area contributed by atoms with Crippen molar-refractivity contribution in [2.24, 2.45) is 0 Å². The van der Waals surface area contributed by atoms with E-state index in [-0.39, 0.29) is 30.2 Å². The Bertz CT molecular complexity index is 460. The second-order valence-electron chi connectivity index (χ2n) is 6.77. The fourth-order valence-electron chi connectivity index (χ4n) is 1.95. The zero-order valence-corrected chi connectivity index (χ0v) is 14.5. The van der Waals surface area contributed by atoms with Gasteiger partial charge in [-0.2, -0.15) is 0 Å². The summed E-state index contributed by atoms with van der Waals surface area (Å²) in [4.78, 5) is 11.5. The first-order chi connectivity index (χ1) is 10.6. The Morgan fingerprint density at radius 1 is 1.48 bits per heavy atom. The van der Waals surface area contributed by atoms with Crippen LogP contribution in [0, 0.1) is 0 Å². The number of carbonyl (C=O) groups is 1. The summed E-state index contributed by atoms with van der Waals surface area (Å²) in [5.74, 6) is -0.372. The molecule has 2 N–H and O–H groups in total. The largest absolute Gasteiger partial charge is 0.506 e. The lowest BCUT2D eigenvalue weighted by Gasteiger charge is -2.28. The van der Waals surface area contributed by atoms with Crippen molar-refractivity contribution >= 4 is 5.97 Å². The molecule has 0 fully saturated rings. The summed E-state index contributed by atoms with van der Waals surface area (Å²) in [6.07, 6.45) is 3.21. The van der Waals surface area contributed by atoms with Crippen molar-refractivity contribution in [3.8, 4) is 0 Å². The van der Waals surface area contributed by atoms with Crippen LogP contribution in [-0.2, 0) is 19.0 Å². The summed E-state index contributed by atoms with van der Waals surface area (Å²) in [7, 11) is 0. The molecule has 1 rings (SSSR count). The summed E-state index contributed by atoms with van der Waals surface area (Å²) in [6, 6.07) is 0. The lowest BCUT2D eigenvalue weighted by atomic mass is 10.1. The van der Waals surface area contributed by atoms with Crippen LogP contribution in [0.4, 0.5) is 0 Å². The van der Waals surface area contributed by atoms with E-state index < -0.39 is 17.8 Å². The highest BCUT2D eigenvalue weighted by Crippen LogP contribution is 2.24. The summed E-state index contributed by atoms with van der Waals surface area (Å²) < 4.78 is 16.1. The van der Waals surface area contributed by atoms with Crippen molar-refractivity contribution < 1.29 is 29.2 Å². The van der Waals surface area contributed by atoms with E-state index in [0.717, 1.165) is 0 Å². The van der Waals surface area contributed by atoms with Crippen molar-refractivity contribution in [1.82, 2.24) is 0 Å². The first-order valence-corrected chi connectivity index (χ1v) is 7.91. The molecule has 0 bridgehead atoms. The predicted molar refractivity (Wildman–Crippen MR) is 85.6 cm³/mol. The minimum atomic E-state index is -0.727. The molecule has 0 radical (unpaired) electrons. The Morgan fingerprint density at radius 3 is 2.74 bits per heavy atom. The standard InChI is InChI=1S/C17H28O6/c1-11(8-6-7-9-15(20)23-17(3,4)5)21-16-14(19)10-13(18)12(2)22-16/h7,9,11-13,18-19H,6,8,10H2,1-5H3/b9-7+/t11-,12?,13?/m1/s1. The molecule has 0 aromatic carbocycles. The van der Waals surface area contributed by atoms with Gasteiger partial charge in [0.05, 0.1) is 12.2 Å². The molecule has 6 nitrogen and oxygen atoms in total. The highest BCUT2D eigenvalue weighted by molar-refractivity contribution is 5.82. The summed E-state index contributed by atoms with van der Waals surface area (Å²) >= 11 is 0. The number of rotatable bonds is 6. The van der Waals surface area contributed by atoms with Crippen LogP contribution in [0.25, 0.3) is 0 Å². The highest BCUT2D eigenvalue weighted by atomic mass is 16.7. The fraction of sp³-hybridized carbons (Fsp3) is 0.706. The van der Waals surface area contributed by atoms with Gasteiger partial charge < -0.3 is 24.4 Å². The van der Waals surface area contributed by atoms with Crippen LogP contribution in [-0.4, -0.2) is 40.1 Å². The third-order valence-corrected chi connectivity index (χ3v) is 3.18. The van der Waals surface area contributed by atoms with E-state index >= 15 is 0 Å². The predicted octanol–water partition coefficient (Wildman–Crippen LogP) is 2.97. The maximum Gasteiger partial charge on any atom is 0.330 e. The van der Waals surface area contributed by atoms with Gasteiger partial charge in [-0.1, -0.05) is 6.08 Å². The smallest absolute Gasteiger partial charge is 0.330 e. The van der Waals surface area contributed by atoms with Gasteiger partial charge in [0.25, 0.3) is 0 Å². The van der Waals surface area contributed by atoms with Crippen molar-refractivity contribution in [3.05, 3.63) is 23.9 Å². The SMILES string of the molecule is CC1OC(O[C@H](C)CC/C=C/C(=O)OC(C)(C)C)=C(O)CC1O. The molecule has 3 atom stereocenters. The molecule has 132 valence electrons. The number of ether oxygens (including phenoxy) is 3. The molecule has 0 aromatic rings. The van der Waals surface area contributed by atoms with E-state index in [0.29, 0.717) is 12.8 Å². The molecule has 2 unspecified atom stereocenters. The lowest BCUT2D eigenvalue weighted by molar-refractivity contribution is -0.148. The Morgan fingerprint density at radius 2 is 2.13 bits per heavy atom. The highest BCUT2D eigenvalue weighted by Gasteiger charge is 2.29. The first-order valence-electron chi connectivity index (χ1n) is 7.91. The molecule has 0 amide bonds. The Labute approximate surface area is 137 Å². The van der Waals surface area contributed by atoms with Crippen LogP contribution in [0.1, 0.15) is 53.9 Å². The molecule has 0 aromatic heterocycles. The summed E-state index contributed by atoms with van der Waals surface area (Å²) in [5, 5.41) is 19.3. The number of hydrogen-bond acceptors (Lipinski definition) is 6. The van der Waals surface area contributed by atoms with Gasteiger partial charge in [-0.25, -0.2) is 4.79 Å². The monoisotopic (exact) mass is 328 g/mol. The Hall–Kier alpha value is -1.69. The average molecular weight is 328 g/mol. The van der Waals surface area contributed by atoms with E-state index in [2.05, 4.69) is 0 Å². The molecule has 0 spiro atoms. The van der Waals surface area contributed by atoms with E-state index in [1.165, 1.54) is 6.08 Å². The van der Waals surface area contributed by atoms with Crippen molar-refractivity contribution in [2.75, 3.05) is 0 Å². The van der Waals surface area contributed by atoms with Crippen LogP contribution < -0.4 is 0 Å². The van der Waals surface area contributed by atoms with Crippen LogP contribution in [0.15, 0.2) is 23.9 Å². The number of carbonyl (C=O) groups excluding carboxylic acids is 1. The van der Waals surface area contributed by atoms with Crippen LogP contribution >= 0.6 is 0 Å². The second kappa shape index (κ2) is 8.24. The third-order valence-electron chi connectivity index (χ3n) is 3.18. The number of esters is 1. The van der Waals surface area contributed by atoms with Gasteiger partial charge in [-0.3, -0.25) is 0 Å². The maximum absolute atomic E-state index is 11.5. The molecule has 0 saturated heterocycles. The van der Waals surface area contributed by atoms with Gasteiger partial charge in [0.15, 0.2) is 5.76 Å². The maximum atomic E-state index is 11.5. The summed E-state index contributed by atoms with van der Waals surface area (Å²) in [5.41, 5.74) is -0.499. The van der Waals surface area contributed by atoms with E-state index in [1.807, 2.05) is 27.7 Å². The van der Waals surface area contributed by atoms with Crippen molar-refractivity contribution in [2.45, 2.75) is 77.8 Å². The van der Waals surface area contributed by atoms with Gasteiger partial charge >= 0.3 is 11.9 Å². The molecule has 23 heavy (non-hydrogen) atoms. The number of aliphatic hydroxyl groups is 2. The molecule has 1 aliphatic rings. The molecule has 6 heteroatoms. The normalized spacial score (nSPS) is 23.6. The average Bonchev–Trinajstić information content (AvgIpc) is 2.39.